The summed E-state index contributed by atoms with van der Waals surface area (Å²) in [6, 6.07) is 6.45. The highest BCUT2D eigenvalue weighted by molar-refractivity contribution is 7.71. The Morgan fingerprint density at radius 3 is 2.85 bits per heavy atom. The molecule has 4 heteroatoms. The molecule has 0 aliphatic heterocycles. The number of H-pyrrole nitrogens is 1. The first-order chi connectivity index (χ1) is 9.62. The molecule has 0 atom stereocenters. The zero-order valence-electron chi connectivity index (χ0n) is 12.1. The number of rotatable bonds is 4. The third kappa shape index (κ3) is 2.51. The fourth-order valence-electron chi connectivity index (χ4n) is 2.19. The molecule has 1 aromatic carbocycles. The van der Waals surface area contributed by atoms with Crippen LogP contribution in [0.2, 0.25) is 0 Å². The fourth-order valence-corrected chi connectivity index (χ4v) is 2.42. The molecule has 0 spiro atoms. The molecule has 20 heavy (non-hydrogen) atoms. The van der Waals surface area contributed by atoms with Crippen molar-refractivity contribution >= 4 is 17.9 Å². The summed E-state index contributed by atoms with van der Waals surface area (Å²) in [5.41, 5.74) is 4.49. The second-order valence-corrected chi connectivity index (χ2v) is 4.99. The molecule has 0 saturated heterocycles. The molecule has 3 nitrogen and oxygen atoms in total. The van der Waals surface area contributed by atoms with Gasteiger partial charge in [-0.05, 0) is 55.8 Å². The molecule has 0 unspecified atom stereocenters. The summed E-state index contributed by atoms with van der Waals surface area (Å²) in [6.45, 7) is 10.0. The van der Waals surface area contributed by atoms with Crippen LogP contribution in [0.3, 0.4) is 0 Å². The van der Waals surface area contributed by atoms with Crippen molar-refractivity contribution in [2.75, 3.05) is 0 Å². The van der Waals surface area contributed by atoms with Gasteiger partial charge in [-0.15, -0.1) is 0 Å². The summed E-state index contributed by atoms with van der Waals surface area (Å²) in [7, 11) is 0. The monoisotopic (exact) mass is 285 g/mol. The molecule has 0 aliphatic rings. The first-order valence-electron chi connectivity index (χ1n) is 6.68. The number of aryl methyl sites for hydroxylation is 2. The normalized spacial score (nSPS) is 11.7. The second-order valence-electron chi connectivity index (χ2n) is 4.61. The van der Waals surface area contributed by atoms with E-state index in [0.29, 0.717) is 4.77 Å². The van der Waals surface area contributed by atoms with Crippen LogP contribution >= 0.6 is 12.2 Å². The molecule has 0 fully saturated rings. The largest absolute Gasteiger partial charge is 0.269 e. The smallest absolute Gasteiger partial charge is 0.200 e. The molecule has 1 heterocycles. The van der Waals surface area contributed by atoms with Crippen molar-refractivity contribution in [2.24, 2.45) is 0 Å². The molecule has 0 radical (unpaired) electrons. The average molecular weight is 285 g/mol. The molecule has 104 valence electrons. The van der Waals surface area contributed by atoms with Gasteiger partial charge in [0.15, 0.2) is 10.6 Å². The van der Waals surface area contributed by atoms with Crippen LogP contribution in [-0.4, -0.2) is 14.8 Å². The highest BCUT2D eigenvalue weighted by Crippen LogP contribution is 2.26. The lowest BCUT2D eigenvalue weighted by atomic mass is 10.0. The first kappa shape index (κ1) is 14.5. The van der Waals surface area contributed by atoms with Crippen molar-refractivity contribution in [3.8, 4) is 11.4 Å². The van der Waals surface area contributed by atoms with Gasteiger partial charge in [-0.2, -0.15) is 5.10 Å². The number of hydrogen-bond acceptors (Lipinski definition) is 2. The number of aromatic amines is 1. The molecule has 1 aromatic heterocycles. The Morgan fingerprint density at radius 2 is 2.25 bits per heavy atom. The van der Waals surface area contributed by atoms with E-state index >= 15 is 0 Å². The summed E-state index contributed by atoms with van der Waals surface area (Å²) in [4.78, 5) is 0. The second kappa shape index (κ2) is 6.01. The summed E-state index contributed by atoms with van der Waals surface area (Å²) < 4.78 is 2.50. The van der Waals surface area contributed by atoms with Gasteiger partial charge >= 0.3 is 0 Å². The predicted octanol–water partition coefficient (Wildman–Crippen LogP) is 4.53. The maximum atomic E-state index is 5.34. The number of nitrogens with zero attached hydrogens (tertiary/aromatic N) is 2. The van der Waals surface area contributed by atoms with Crippen LogP contribution < -0.4 is 0 Å². The van der Waals surface area contributed by atoms with Crippen molar-refractivity contribution in [1.29, 1.82) is 0 Å². The van der Waals surface area contributed by atoms with Crippen LogP contribution in [0.1, 0.15) is 25.0 Å². The van der Waals surface area contributed by atoms with E-state index in [1.807, 2.05) is 17.6 Å². The third-order valence-electron chi connectivity index (χ3n) is 3.39. The number of hydrogen-bond donors (Lipinski definition) is 1. The topological polar surface area (TPSA) is 33.6 Å². The minimum absolute atomic E-state index is 0.578. The quantitative estimate of drug-likeness (QED) is 0.661. The van der Waals surface area contributed by atoms with E-state index in [1.165, 1.54) is 11.1 Å². The van der Waals surface area contributed by atoms with Gasteiger partial charge in [0.25, 0.3) is 0 Å². The molecule has 0 amide bonds. The standard InChI is InChI=1S/C16H19N3S/c1-5-12-9-8-11(4)14(10-12)15-17-18-16(20)19(15)13(6-2)7-3/h6-10H,2,5H2,1,3-4H3,(H,18,20)/b13-7+. The number of nitrogens with one attached hydrogen (secondary N) is 1. The van der Waals surface area contributed by atoms with Crippen molar-refractivity contribution in [3.63, 3.8) is 0 Å². The minimum Gasteiger partial charge on any atom is -0.269 e. The lowest BCUT2D eigenvalue weighted by Crippen LogP contribution is -2.00. The third-order valence-corrected chi connectivity index (χ3v) is 3.66. The molecule has 0 aliphatic carbocycles. The molecule has 2 aromatic rings. The van der Waals surface area contributed by atoms with Crippen LogP contribution in [0.25, 0.3) is 17.1 Å². The van der Waals surface area contributed by atoms with E-state index in [4.69, 9.17) is 12.2 Å². The van der Waals surface area contributed by atoms with Crippen LogP contribution in [-0.2, 0) is 6.42 Å². The van der Waals surface area contributed by atoms with E-state index in [1.54, 1.807) is 6.08 Å². The van der Waals surface area contributed by atoms with Crippen molar-refractivity contribution in [2.45, 2.75) is 27.2 Å². The first-order valence-corrected chi connectivity index (χ1v) is 7.09. The Balaban J connectivity index is 2.71. The summed E-state index contributed by atoms with van der Waals surface area (Å²) in [5.74, 6) is 0.829. The zero-order valence-corrected chi connectivity index (χ0v) is 12.9. The van der Waals surface area contributed by atoms with E-state index in [-0.39, 0.29) is 0 Å². The Kier molecular flexibility index (Phi) is 4.35. The van der Waals surface area contributed by atoms with Crippen LogP contribution in [0, 0.1) is 11.7 Å². The lowest BCUT2D eigenvalue weighted by Gasteiger charge is -2.10. The zero-order chi connectivity index (χ0) is 14.7. The van der Waals surface area contributed by atoms with Crippen molar-refractivity contribution < 1.29 is 0 Å². The van der Waals surface area contributed by atoms with E-state index in [2.05, 4.69) is 48.8 Å². The highest BCUT2D eigenvalue weighted by Gasteiger charge is 2.13. The van der Waals surface area contributed by atoms with Gasteiger partial charge in [0.05, 0.1) is 0 Å². The summed E-state index contributed by atoms with van der Waals surface area (Å²) in [6.07, 6.45) is 4.75. The highest BCUT2D eigenvalue weighted by atomic mass is 32.1. The Labute approximate surface area is 124 Å². The molecule has 2 rings (SSSR count). The van der Waals surface area contributed by atoms with Gasteiger partial charge in [-0.1, -0.05) is 31.7 Å². The van der Waals surface area contributed by atoms with Crippen LogP contribution in [0.5, 0.6) is 0 Å². The van der Waals surface area contributed by atoms with Crippen molar-refractivity contribution in [3.05, 3.63) is 52.8 Å². The lowest BCUT2D eigenvalue weighted by molar-refractivity contribution is 1.06. The van der Waals surface area contributed by atoms with Gasteiger partial charge in [-0.25, -0.2) is 0 Å². The maximum Gasteiger partial charge on any atom is 0.200 e. The van der Waals surface area contributed by atoms with Gasteiger partial charge in [0, 0.05) is 11.3 Å². The maximum absolute atomic E-state index is 5.34. The Morgan fingerprint density at radius 1 is 1.50 bits per heavy atom. The Hall–Kier alpha value is -1.94. The molecular weight excluding hydrogens is 266 g/mol. The fraction of sp³-hybridized carbons (Fsp3) is 0.250. The number of benzene rings is 1. The summed E-state index contributed by atoms with van der Waals surface area (Å²) in [5, 5.41) is 7.27. The Bertz CT molecular complexity index is 720. The van der Waals surface area contributed by atoms with Crippen LogP contribution in [0.15, 0.2) is 36.9 Å². The van der Waals surface area contributed by atoms with Crippen LogP contribution in [0.4, 0.5) is 0 Å². The SMILES string of the molecule is C=C/C(=C\C)n1c(-c2cc(CC)ccc2C)n[nH]c1=S. The van der Waals surface area contributed by atoms with E-state index in [0.717, 1.165) is 23.5 Å². The van der Waals surface area contributed by atoms with E-state index in [9.17, 15) is 0 Å². The minimum atomic E-state index is 0.578. The summed E-state index contributed by atoms with van der Waals surface area (Å²) >= 11 is 5.34. The molecular formula is C16H19N3S. The van der Waals surface area contributed by atoms with Crippen molar-refractivity contribution in [1.82, 2.24) is 14.8 Å². The molecule has 1 N–H and O–H groups in total. The van der Waals surface area contributed by atoms with E-state index < -0.39 is 0 Å². The molecule has 0 bridgehead atoms. The predicted molar refractivity (Wildman–Crippen MR) is 87.1 cm³/mol. The number of aromatic nitrogens is 3. The van der Waals surface area contributed by atoms with Gasteiger partial charge in [0.2, 0.25) is 0 Å². The number of allylic oxidation sites excluding steroid dienone is 3. The van der Waals surface area contributed by atoms with Gasteiger partial charge < -0.3 is 0 Å². The average Bonchev–Trinajstić information content (AvgIpc) is 2.83. The van der Waals surface area contributed by atoms with Gasteiger partial charge in [-0.3, -0.25) is 9.67 Å². The molecule has 0 saturated carbocycles. The van der Waals surface area contributed by atoms with Gasteiger partial charge in [0.1, 0.15) is 0 Å².